The monoisotopic (exact) mass is 250 g/mol. The summed E-state index contributed by atoms with van der Waals surface area (Å²) in [5.74, 6) is -0.460. The van der Waals surface area contributed by atoms with Crippen molar-refractivity contribution in [3.05, 3.63) is 52.2 Å². The Hall–Kier alpha value is -1.75. The van der Waals surface area contributed by atoms with Crippen LogP contribution in [0.25, 0.3) is 0 Å². The molecule has 0 saturated heterocycles. The van der Waals surface area contributed by atoms with E-state index in [4.69, 9.17) is 0 Å². The number of carbonyl (C=O) groups excluding carboxylic acids is 1. The number of hydrogen-bond acceptors (Lipinski definition) is 3. The van der Waals surface area contributed by atoms with Crippen LogP contribution in [0, 0.1) is 5.82 Å². The van der Waals surface area contributed by atoms with Gasteiger partial charge in [0.15, 0.2) is 0 Å². The summed E-state index contributed by atoms with van der Waals surface area (Å²) in [7, 11) is 0. The Morgan fingerprint density at radius 1 is 1.47 bits per heavy atom. The second-order valence-corrected chi connectivity index (χ2v) is 4.28. The standard InChI is InChI=1S/C12H11FN2OS/c13-10-3-1-2-9(4-10)5-12(16)14-6-11-7-17-8-15-11/h1-4,7-8H,5-6H2,(H,14,16). The highest BCUT2D eigenvalue weighted by Gasteiger charge is 2.04. The van der Waals surface area contributed by atoms with Gasteiger partial charge in [0.1, 0.15) is 5.82 Å². The third-order valence-corrected chi connectivity index (χ3v) is 2.84. The summed E-state index contributed by atoms with van der Waals surface area (Å²) in [5, 5.41) is 4.61. The Morgan fingerprint density at radius 2 is 2.35 bits per heavy atom. The van der Waals surface area contributed by atoms with Crippen LogP contribution in [0.3, 0.4) is 0 Å². The molecule has 0 fully saturated rings. The summed E-state index contributed by atoms with van der Waals surface area (Å²) < 4.78 is 12.9. The molecule has 0 aliphatic carbocycles. The molecule has 17 heavy (non-hydrogen) atoms. The fourth-order valence-corrected chi connectivity index (χ4v) is 1.97. The first-order valence-electron chi connectivity index (χ1n) is 5.12. The minimum atomic E-state index is -0.324. The highest BCUT2D eigenvalue weighted by molar-refractivity contribution is 7.07. The number of nitrogens with zero attached hydrogens (tertiary/aromatic N) is 1. The predicted octanol–water partition coefficient (Wildman–Crippen LogP) is 2.14. The van der Waals surface area contributed by atoms with Crippen LogP contribution < -0.4 is 5.32 Å². The molecule has 0 aliphatic rings. The van der Waals surface area contributed by atoms with Crippen molar-refractivity contribution in [2.75, 3.05) is 0 Å². The first-order chi connectivity index (χ1) is 8.24. The average molecular weight is 250 g/mol. The maximum atomic E-state index is 12.9. The van der Waals surface area contributed by atoms with E-state index in [2.05, 4.69) is 10.3 Å². The fourth-order valence-electron chi connectivity index (χ4n) is 1.41. The topological polar surface area (TPSA) is 42.0 Å². The molecule has 0 unspecified atom stereocenters. The third-order valence-electron chi connectivity index (χ3n) is 2.20. The molecule has 1 aromatic carbocycles. The molecule has 88 valence electrons. The van der Waals surface area contributed by atoms with Crippen LogP contribution in [0.4, 0.5) is 4.39 Å². The fraction of sp³-hybridized carbons (Fsp3) is 0.167. The van der Waals surface area contributed by atoms with Gasteiger partial charge in [0, 0.05) is 5.38 Å². The summed E-state index contributed by atoms with van der Waals surface area (Å²) in [6.45, 7) is 0.414. The van der Waals surface area contributed by atoms with Crippen molar-refractivity contribution in [2.45, 2.75) is 13.0 Å². The molecule has 5 heteroatoms. The molecule has 0 atom stereocenters. The van der Waals surface area contributed by atoms with Crippen molar-refractivity contribution in [1.29, 1.82) is 0 Å². The van der Waals surface area contributed by atoms with Crippen molar-refractivity contribution in [1.82, 2.24) is 10.3 Å². The van der Waals surface area contributed by atoms with Gasteiger partial charge in [-0.05, 0) is 17.7 Å². The summed E-state index contributed by atoms with van der Waals surface area (Å²) in [6.07, 6.45) is 0.182. The first kappa shape index (κ1) is 11.7. The van der Waals surface area contributed by atoms with E-state index in [1.54, 1.807) is 17.6 Å². The number of benzene rings is 1. The Bertz CT molecular complexity index is 499. The van der Waals surface area contributed by atoms with Gasteiger partial charge < -0.3 is 5.32 Å². The normalized spacial score (nSPS) is 10.2. The maximum Gasteiger partial charge on any atom is 0.224 e. The lowest BCUT2D eigenvalue weighted by atomic mass is 10.1. The van der Waals surface area contributed by atoms with E-state index >= 15 is 0 Å². The minimum absolute atomic E-state index is 0.136. The van der Waals surface area contributed by atoms with E-state index in [1.807, 2.05) is 5.38 Å². The van der Waals surface area contributed by atoms with Crippen molar-refractivity contribution in [2.24, 2.45) is 0 Å². The highest BCUT2D eigenvalue weighted by atomic mass is 32.1. The molecule has 0 aliphatic heterocycles. The first-order valence-corrected chi connectivity index (χ1v) is 6.06. The number of hydrogen-bond donors (Lipinski definition) is 1. The zero-order chi connectivity index (χ0) is 12.1. The number of rotatable bonds is 4. The zero-order valence-electron chi connectivity index (χ0n) is 9.02. The summed E-state index contributed by atoms with van der Waals surface area (Å²) in [6, 6.07) is 6.04. The number of aromatic nitrogens is 1. The van der Waals surface area contributed by atoms with Crippen molar-refractivity contribution in [3.8, 4) is 0 Å². The smallest absolute Gasteiger partial charge is 0.224 e. The van der Waals surface area contributed by atoms with Crippen LogP contribution in [-0.2, 0) is 17.8 Å². The van der Waals surface area contributed by atoms with Crippen LogP contribution in [0.15, 0.2) is 35.2 Å². The summed E-state index contributed by atoms with van der Waals surface area (Å²) >= 11 is 1.49. The van der Waals surface area contributed by atoms with E-state index < -0.39 is 0 Å². The van der Waals surface area contributed by atoms with Crippen LogP contribution in [0.2, 0.25) is 0 Å². The number of halogens is 1. The molecular formula is C12H11FN2OS. The number of nitrogens with one attached hydrogen (secondary N) is 1. The van der Waals surface area contributed by atoms with Gasteiger partial charge >= 0.3 is 0 Å². The third kappa shape index (κ3) is 3.64. The molecule has 1 aromatic heterocycles. The SMILES string of the molecule is O=C(Cc1cccc(F)c1)NCc1cscn1. The van der Waals surface area contributed by atoms with Gasteiger partial charge in [-0.1, -0.05) is 12.1 Å². The summed E-state index contributed by atoms with van der Waals surface area (Å²) in [4.78, 5) is 15.6. The van der Waals surface area contributed by atoms with Gasteiger partial charge in [-0.25, -0.2) is 9.37 Å². The van der Waals surface area contributed by atoms with Gasteiger partial charge in [0.25, 0.3) is 0 Å². The predicted molar refractivity (Wildman–Crippen MR) is 64.1 cm³/mol. The van der Waals surface area contributed by atoms with Crippen molar-refractivity contribution < 1.29 is 9.18 Å². The van der Waals surface area contributed by atoms with Gasteiger partial charge in [0.05, 0.1) is 24.2 Å². The average Bonchev–Trinajstić information content (AvgIpc) is 2.79. The van der Waals surface area contributed by atoms with Crippen LogP contribution in [0.5, 0.6) is 0 Å². The molecule has 0 spiro atoms. The number of thiazole rings is 1. The highest BCUT2D eigenvalue weighted by Crippen LogP contribution is 2.05. The number of amides is 1. The van der Waals surface area contributed by atoms with Crippen LogP contribution >= 0.6 is 11.3 Å². The summed E-state index contributed by atoms with van der Waals surface area (Å²) in [5.41, 5.74) is 3.22. The molecule has 0 saturated carbocycles. The molecule has 1 amide bonds. The van der Waals surface area contributed by atoms with Gasteiger partial charge in [-0.15, -0.1) is 11.3 Å². The number of carbonyl (C=O) groups is 1. The van der Waals surface area contributed by atoms with Crippen LogP contribution in [-0.4, -0.2) is 10.9 Å². The molecule has 1 N–H and O–H groups in total. The molecular weight excluding hydrogens is 239 g/mol. The van der Waals surface area contributed by atoms with E-state index in [1.165, 1.54) is 23.5 Å². The molecule has 0 bridgehead atoms. The molecule has 3 nitrogen and oxygen atoms in total. The minimum Gasteiger partial charge on any atom is -0.350 e. The maximum absolute atomic E-state index is 12.9. The zero-order valence-corrected chi connectivity index (χ0v) is 9.84. The quantitative estimate of drug-likeness (QED) is 0.903. The Kier molecular flexibility index (Phi) is 3.82. The van der Waals surface area contributed by atoms with Gasteiger partial charge in [-0.2, -0.15) is 0 Å². The lowest BCUT2D eigenvalue weighted by molar-refractivity contribution is -0.120. The second-order valence-electron chi connectivity index (χ2n) is 3.56. The van der Waals surface area contributed by atoms with E-state index in [0.717, 1.165) is 5.69 Å². The van der Waals surface area contributed by atoms with Gasteiger partial charge in [-0.3, -0.25) is 4.79 Å². The van der Waals surface area contributed by atoms with Crippen molar-refractivity contribution >= 4 is 17.2 Å². The molecule has 2 aromatic rings. The Morgan fingerprint density at radius 3 is 3.06 bits per heavy atom. The molecule has 0 radical (unpaired) electrons. The lowest BCUT2D eigenvalue weighted by Gasteiger charge is -2.03. The van der Waals surface area contributed by atoms with E-state index in [0.29, 0.717) is 12.1 Å². The lowest BCUT2D eigenvalue weighted by Crippen LogP contribution is -2.24. The molecule has 1 heterocycles. The molecule has 2 rings (SSSR count). The Balaban J connectivity index is 1.85. The van der Waals surface area contributed by atoms with E-state index in [9.17, 15) is 9.18 Å². The van der Waals surface area contributed by atoms with E-state index in [-0.39, 0.29) is 18.1 Å². The van der Waals surface area contributed by atoms with Crippen LogP contribution in [0.1, 0.15) is 11.3 Å². The second kappa shape index (κ2) is 5.54. The largest absolute Gasteiger partial charge is 0.350 e. The van der Waals surface area contributed by atoms with Crippen molar-refractivity contribution in [3.63, 3.8) is 0 Å². The van der Waals surface area contributed by atoms with Gasteiger partial charge in [0.2, 0.25) is 5.91 Å². The Labute approximate surface area is 102 Å².